The molecule has 2 aromatic carbocycles. The van der Waals surface area contributed by atoms with Crippen LogP contribution < -0.4 is 10.6 Å². The van der Waals surface area contributed by atoms with Crippen molar-refractivity contribution in [3.05, 3.63) is 82.7 Å². The molecule has 1 aliphatic heterocycles. The maximum atomic E-state index is 13.2. The second-order valence-electron chi connectivity index (χ2n) is 9.29. The maximum absolute atomic E-state index is 13.2. The summed E-state index contributed by atoms with van der Waals surface area (Å²) in [6.07, 6.45) is 0.817. The van der Waals surface area contributed by atoms with Crippen LogP contribution in [0.3, 0.4) is 0 Å². The summed E-state index contributed by atoms with van der Waals surface area (Å²) in [5.41, 5.74) is 4.57. The molecule has 0 bridgehead atoms. The number of nitrogens with zero attached hydrogens (tertiary/aromatic N) is 2. The van der Waals surface area contributed by atoms with E-state index in [-0.39, 0.29) is 11.9 Å². The van der Waals surface area contributed by atoms with E-state index in [2.05, 4.69) is 22.8 Å². The van der Waals surface area contributed by atoms with Crippen molar-refractivity contribution in [3.63, 3.8) is 0 Å². The molecule has 1 aliphatic rings. The van der Waals surface area contributed by atoms with Crippen LogP contribution in [0.25, 0.3) is 0 Å². The molecule has 2 N–H and O–H groups in total. The molecule has 0 fully saturated rings. The fourth-order valence-corrected chi connectivity index (χ4v) is 4.07. The van der Waals surface area contributed by atoms with Gasteiger partial charge in [-0.15, -0.1) is 0 Å². The number of fused-ring (bicyclic) bond motifs is 1. The molecule has 3 aromatic rings. The molecule has 2 heterocycles. The van der Waals surface area contributed by atoms with Gasteiger partial charge in [0, 0.05) is 29.9 Å². The van der Waals surface area contributed by atoms with Crippen LogP contribution in [0, 0.1) is 6.92 Å². The van der Waals surface area contributed by atoms with E-state index in [9.17, 15) is 9.59 Å². The number of carbonyl (C=O) groups is 2. The minimum atomic E-state index is -0.558. The van der Waals surface area contributed by atoms with E-state index >= 15 is 0 Å². The molecule has 0 radical (unpaired) electrons. The summed E-state index contributed by atoms with van der Waals surface area (Å²) in [6.45, 7) is 8.81. The largest absolute Gasteiger partial charge is 0.456 e. The van der Waals surface area contributed by atoms with Gasteiger partial charge in [0.1, 0.15) is 11.6 Å². The average Bonchev–Trinajstić information content (AvgIpc) is 3.09. The van der Waals surface area contributed by atoms with Gasteiger partial charge in [-0.3, -0.25) is 9.48 Å². The fraction of sp³-hybridized carbons (Fsp3) is 0.346. The number of benzene rings is 2. The van der Waals surface area contributed by atoms with Crippen molar-refractivity contribution in [2.24, 2.45) is 0 Å². The van der Waals surface area contributed by atoms with E-state index in [1.54, 1.807) is 24.3 Å². The topological polar surface area (TPSA) is 85.2 Å². The zero-order valence-electron chi connectivity index (χ0n) is 19.5. The third-order valence-electron chi connectivity index (χ3n) is 5.51. The van der Waals surface area contributed by atoms with E-state index in [1.807, 2.05) is 50.6 Å². The number of hydrogen-bond acceptors (Lipinski definition) is 5. The summed E-state index contributed by atoms with van der Waals surface area (Å²) in [5.74, 6) is -0.538. The van der Waals surface area contributed by atoms with E-state index in [0.717, 1.165) is 23.4 Å². The van der Waals surface area contributed by atoms with Gasteiger partial charge in [-0.1, -0.05) is 30.3 Å². The van der Waals surface area contributed by atoms with E-state index in [1.165, 1.54) is 5.56 Å². The number of rotatable bonds is 5. The maximum Gasteiger partial charge on any atom is 0.338 e. The van der Waals surface area contributed by atoms with Crippen LogP contribution in [0.1, 0.15) is 59.7 Å². The van der Waals surface area contributed by atoms with Gasteiger partial charge < -0.3 is 15.4 Å². The van der Waals surface area contributed by atoms with Crippen LogP contribution in [0.15, 0.2) is 54.6 Å². The summed E-state index contributed by atoms with van der Waals surface area (Å²) >= 11 is 0. The molecule has 7 heteroatoms. The van der Waals surface area contributed by atoms with Gasteiger partial charge in [0.05, 0.1) is 17.8 Å². The lowest BCUT2D eigenvalue weighted by atomic mass is 9.97. The van der Waals surface area contributed by atoms with E-state index in [0.29, 0.717) is 24.3 Å². The van der Waals surface area contributed by atoms with Gasteiger partial charge in [0.25, 0.3) is 0 Å². The fourth-order valence-electron chi connectivity index (χ4n) is 4.07. The van der Waals surface area contributed by atoms with Gasteiger partial charge in [-0.05, 0) is 57.5 Å². The predicted octanol–water partition coefficient (Wildman–Crippen LogP) is 4.02. The molecule has 0 spiro atoms. The first kappa shape index (κ1) is 22.7. The Morgan fingerprint density at radius 2 is 1.82 bits per heavy atom. The molecular formula is C26H30N4O3. The molecule has 33 heavy (non-hydrogen) atoms. The number of nitrogens with one attached hydrogen (secondary N) is 2. The highest BCUT2D eigenvalue weighted by atomic mass is 16.6. The number of aryl methyl sites for hydroxylation is 1. The standard InChI is InChI=1S/C26H30N4O3/c1-17-22-21(30(29-17)16-18-8-6-5-7-9-18)14-15-27-23(22)24(31)28-20-12-10-19(11-13-20)25(32)33-26(2,3)4/h5-13,23,27H,14-16H2,1-4H3,(H,28,31). The van der Waals surface area contributed by atoms with Gasteiger partial charge in [0.15, 0.2) is 0 Å². The van der Waals surface area contributed by atoms with Gasteiger partial charge in [-0.25, -0.2) is 4.79 Å². The number of anilines is 1. The van der Waals surface area contributed by atoms with Crippen LogP contribution in [-0.4, -0.2) is 33.8 Å². The Bertz CT molecular complexity index is 1140. The Labute approximate surface area is 194 Å². The molecule has 0 aliphatic carbocycles. The number of ether oxygens (including phenoxy) is 1. The van der Waals surface area contributed by atoms with Gasteiger partial charge in [-0.2, -0.15) is 5.10 Å². The zero-order valence-corrected chi connectivity index (χ0v) is 19.5. The van der Waals surface area contributed by atoms with Crippen molar-refractivity contribution in [1.29, 1.82) is 0 Å². The second-order valence-corrected chi connectivity index (χ2v) is 9.29. The van der Waals surface area contributed by atoms with Crippen LogP contribution in [0.2, 0.25) is 0 Å². The Hall–Kier alpha value is -3.45. The number of hydrogen-bond donors (Lipinski definition) is 2. The minimum absolute atomic E-state index is 0.150. The molecular weight excluding hydrogens is 416 g/mol. The van der Waals surface area contributed by atoms with Gasteiger partial charge in [0.2, 0.25) is 5.91 Å². The van der Waals surface area contributed by atoms with E-state index in [4.69, 9.17) is 9.84 Å². The van der Waals surface area contributed by atoms with Crippen molar-refractivity contribution >= 4 is 17.6 Å². The third kappa shape index (κ3) is 5.31. The summed E-state index contributed by atoms with van der Waals surface area (Å²) in [6, 6.07) is 16.5. The van der Waals surface area contributed by atoms with Crippen molar-refractivity contribution in [3.8, 4) is 0 Å². The molecule has 7 nitrogen and oxygen atoms in total. The lowest BCUT2D eigenvalue weighted by molar-refractivity contribution is -0.118. The molecule has 4 rings (SSSR count). The normalized spacial score (nSPS) is 15.6. The van der Waals surface area contributed by atoms with Crippen LogP contribution in [0.5, 0.6) is 0 Å². The van der Waals surface area contributed by atoms with Crippen LogP contribution in [-0.2, 0) is 22.5 Å². The first-order valence-electron chi connectivity index (χ1n) is 11.2. The molecule has 172 valence electrons. The number of carbonyl (C=O) groups excluding carboxylic acids is 2. The van der Waals surface area contributed by atoms with Crippen molar-refractivity contribution < 1.29 is 14.3 Å². The van der Waals surface area contributed by atoms with Crippen LogP contribution in [0.4, 0.5) is 5.69 Å². The first-order chi connectivity index (χ1) is 15.7. The highest BCUT2D eigenvalue weighted by Gasteiger charge is 2.31. The predicted molar refractivity (Wildman–Crippen MR) is 127 cm³/mol. The monoisotopic (exact) mass is 446 g/mol. The zero-order chi connectivity index (χ0) is 23.6. The summed E-state index contributed by atoms with van der Waals surface area (Å²) in [4.78, 5) is 25.4. The number of amides is 1. The first-order valence-corrected chi connectivity index (χ1v) is 11.2. The lowest BCUT2D eigenvalue weighted by Gasteiger charge is -2.25. The van der Waals surface area contributed by atoms with Crippen molar-refractivity contribution in [1.82, 2.24) is 15.1 Å². The van der Waals surface area contributed by atoms with Crippen LogP contribution >= 0.6 is 0 Å². The molecule has 1 aromatic heterocycles. The molecule has 0 saturated heterocycles. The highest BCUT2D eigenvalue weighted by Crippen LogP contribution is 2.28. The molecule has 1 atom stereocenters. The van der Waals surface area contributed by atoms with E-state index < -0.39 is 11.6 Å². The molecule has 1 amide bonds. The Morgan fingerprint density at radius 1 is 1.12 bits per heavy atom. The Morgan fingerprint density at radius 3 is 2.48 bits per heavy atom. The van der Waals surface area contributed by atoms with Gasteiger partial charge >= 0.3 is 5.97 Å². The minimum Gasteiger partial charge on any atom is -0.456 e. The van der Waals surface area contributed by atoms with Crippen molar-refractivity contribution in [2.75, 3.05) is 11.9 Å². The smallest absolute Gasteiger partial charge is 0.338 e. The summed E-state index contributed by atoms with van der Waals surface area (Å²) in [5, 5.41) is 11.0. The summed E-state index contributed by atoms with van der Waals surface area (Å²) < 4.78 is 7.40. The average molecular weight is 447 g/mol. The SMILES string of the molecule is Cc1nn(Cc2ccccc2)c2c1C(C(=O)Nc1ccc(C(=O)OC(C)(C)C)cc1)NCC2. The summed E-state index contributed by atoms with van der Waals surface area (Å²) in [7, 11) is 0. The number of esters is 1. The Balaban J connectivity index is 1.49. The van der Waals surface area contributed by atoms with Crippen molar-refractivity contribution in [2.45, 2.75) is 52.3 Å². The lowest BCUT2D eigenvalue weighted by Crippen LogP contribution is -2.38. The molecule has 0 saturated carbocycles. The second kappa shape index (κ2) is 9.19. The highest BCUT2D eigenvalue weighted by molar-refractivity contribution is 5.97. The quantitative estimate of drug-likeness (QED) is 0.578. The third-order valence-corrected chi connectivity index (χ3v) is 5.51. The molecule has 1 unspecified atom stereocenters. The number of aromatic nitrogens is 2. The Kier molecular flexibility index (Phi) is 6.33.